The fourth-order valence-electron chi connectivity index (χ4n) is 3.91. The zero-order valence-electron chi connectivity index (χ0n) is 16.5. The van der Waals surface area contributed by atoms with Gasteiger partial charge >= 0.3 is 0 Å². The van der Waals surface area contributed by atoms with Crippen molar-refractivity contribution in [2.24, 2.45) is 5.92 Å². The zero-order valence-corrected chi connectivity index (χ0v) is 18.1. The third-order valence-electron chi connectivity index (χ3n) is 5.63. The van der Waals surface area contributed by atoms with Crippen LogP contribution in [0.4, 0.5) is 8.78 Å². The van der Waals surface area contributed by atoms with Gasteiger partial charge in [0.15, 0.2) is 0 Å². The number of amides is 1. The van der Waals surface area contributed by atoms with Crippen molar-refractivity contribution >= 4 is 29.3 Å². The van der Waals surface area contributed by atoms with Gasteiger partial charge in [0.25, 0.3) is 0 Å². The Hall–Kier alpha value is -0.230. The summed E-state index contributed by atoms with van der Waals surface area (Å²) in [4.78, 5) is 12.8. The van der Waals surface area contributed by atoms with E-state index in [0.29, 0.717) is 25.8 Å². The molecule has 2 rings (SSSR count). The van der Waals surface area contributed by atoms with Gasteiger partial charge in [-0.05, 0) is 44.9 Å². The van der Waals surface area contributed by atoms with Crippen LogP contribution < -0.4 is 10.6 Å². The third-order valence-corrected chi connectivity index (χ3v) is 6.76. The van der Waals surface area contributed by atoms with Crippen molar-refractivity contribution in [1.82, 2.24) is 10.6 Å². The molecule has 0 aromatic carbocycles. The van der Waals surface area contributed by atoms with E-state index in [1.165, 1.54) is 11.8 Å². The molecule has 2 heterocycles. The molecule has 2 aliphatic heterocycles. The Bertz CT molecular complexity index is 534. The lowest BCUT2D eigenvalue weighted by atomic mass is 9.92. The van der Waals surface area contributed by atoms with Crippen LogP contribution >= 0.6 is 23.4 Å². The highest BCUT2D eigenvalue weighted by molar-refractivity contribution is 7.99. The Morgan fingerprint density at radius 1 is 1.24 bits per heavy atom. The number of rotatable bonds is 7. The molecule has 2 fully saturated rings. The van der Waals surface area contributed by atoms with E-state index < -0.39 is 53.7 Å². The second-order valence-electron chi connectivity index (χ2n) is 7.75. The van der Waals surface area contributed by atoms with Crippen LogP contribution in [0.2, 0.25) is 0 Å². The quantitative estimate of drug-likeness (QED) is 0.355. The van der Waals surface area contributed by atoms with Gasteiger partial charge in [0.1, 0.15) is 29.9 Å². The molecule has 9 atom stereocenters. The van der Waals surface area contributed by atoms with Crippen molar-refractivity contribution in [1.29, 1.82) is 0 Å². The molecule has 0 aromatic rings. The molecule has 0 radical (unpaired) electrons. The van der Waals surface area contributed by atoms with Crippen LogP contribution in [0.5, 0.6) is 0 Å². The number of thioether (sulfide) groups is 1. The number of aliphatic hydroxyl groups excluding tert-OH is 3. The standard InChI is InChI=1S/C18H31ClF2N2O5S/c1-8(19)12(16-14(25)13(24)15(26)18(28-16)29-2)23-17(27)10-4-3-9(5-6-22-10)7-11(20)21/h8-16,18,22,24-26H,3-7H2,1-2H3,(H,23,27)/t8?,9-,10?,12?,13?,14?,15?,16?,18?/m1/s1. The van der Waals surface area contributed by atoms with Crippen molar-refractivity contribution in [3.8, 4) is 0 Å². The summed E-state index contributed by atoms with van der Waals surface area (Å²) in [7, 11) is 0. The molecule has 7 nitrogen and oxygen atoms in total. The van der Waals surface area contributed by atoms with Crippen LogP contribution in [0.25, 0.3) is 0 Å². The second-order valence-corrected chi connectivity index (χ2v) is 9.38. The first-order chi connectivity index (χ1) is 13.6. The van der Waals surface area contributed by atoms with Gasteiger partial charge in [0, 0.05) is 6.42 Å². The van der Waals surface area contributed by atoms with Gasteiger partial charge in [-0.3, -0.25) is 4.79 Å². The van der Waals surface area contributed by atoms with Gasteiger partial charge in [-0.25, -0.2) is 8.78 Å². The fourth-order valence-corrected chi connectivity index (χ4v) is 4.80. The molecule has 8 unspecified atom stereocenters. The maximum atomic E-state index is 12.8. The van der Waals surface area contributed by atoms with E-state index in [-0.39, 0.29) is 18.2 Å². The van der Waals surface area contributed by atoms with Crippen LogP contribution in [0, 0.1) is 5.92 Å². The molecule has 170 valence electrons. The lowest BCUT2D eigenvalue weighted by Crippen LogP contribution is -2.65. The lowest BCUT2D eigenvalue weighted by molar-refractivity contribution is -0.205. The fraction of sp³-hybridized carbons (Fsp3) is 0.944. The number of carbonyl (C=O) groups excluding carboxylic acids is 1. The summed E-state index contributed by atoms with van der Waals surface area (Å²) in [6.07, 6.45) is -4.49. The van der Waals surface area contributed by atoms with Crippen molar-refractivity contribution < 1.29 is 33.6 Å². The van der Waals surface area contributed by atoms with Gasteiger partial charge in [0.2, 0.25) is 12.3 Å². The molecule has 5 N–H and O–H groups in total. The molecule has 11 heteroatoms. The molecule has 0 bridgehead atoms. The molecule has 0 spiro atoms. The number of halogens is 3. The molecule has 0 aliphatic carbocycles. The Labute approximate surface area is 178 Å². The first kappa shape index (κ1) is 25.0. The summed E-state index contributed by atoms with van der Waals surface area (Å²) in [5.41, 5.74) is -0.778. The highest BCUT2D eigenvalue weighted by Crippen LogP contribution is 2.30. The number of hydrogen-bond donors (Lipinski definition) is 5. The third kappa shape index (κ3) is 6.62. The number of alkyl halides is 3. The topological polar surface area (TPSA) is 111 Å². The van der Waals surface area contributed by atoms with Crippen LogP contribution in [0.15, 0.2) is 0 Å². The monoisotopic (exact) mass is 460 g/mol. The molecule has 0 saturated carbocycles. The maximum absolute atomic E-state index is 12.8. The van der Waals surface area contributed by atoms with E-state index in [1.807, 2.05) is 0 Å². The summed E-state index contributed by atoms with van der Waals surface area (Å²) in [5.74, 6) is -0.497. The number of aliphatic hydroxyl groups is 3. The van der Waals surface area contributed by atoms with E-state index in [9.17, 15) is 28.9 Å². The number of hydrogen-bond acceptors (Lipinski definition) is 7. The average molecular weight is 461 g/mol. The smallest absolute Gasteiger partial charge is 0.238 e. The van der Waals surface area contributed by atoms with E-state index in [4.69, 9.17) is 16.3 Å². The molecular weight excluding hydrogens is 430 g/mol. The minimum atomic E-state index is -2.36. The minimum Gasteiger partial charge on any atom is -0.388 e. The summed E-state index contributed by atoms with van der Waals surface area (Å²) in [5, 5.41) is 35.8. The average Bonchev–Trinajstić information content (AvgIpc) is 2.89. The van der Waals surface area contributed by atoms with Crippen LogP contribution in [-0.4, -0.2) is 87.8 Å². The number of ether oxygens (including phenoxy) is 1. The molecule has 29 heavy (non-hydrogen) atoms. The summed E-state index contributed by atoms with van der Waals surface area (Å²) in [6.45, 7) is 2.09. The van der Waals surface area contributed by atoms with Gasteiger partial charge in [-0.15, -0.1) is 23.4 Å². The first-order valence-electron chi connectivity index (χ1n) is 9.84. The summed E-state index contributed by atoms with van der Waals surface area (Å²) < 4.78 is 31.0. The van der Waals surface area contributed by atoms with Gasteiger partial charge in [-0.2, -0.15) is 0 Å². The SMILES string of the molecule is CSC1OC(C(NC(=O)C2CC[C@@H](CC(F)F)CCN2)C(C)Cl)C(O)C(O)C1O. The Kier molecular flexibility index (Phi) is 9.85. The molecular formula is C18H31ClF2N2O5S. The van der Waals surface area contributed by atoms with E-state index >= 15 is 0 Å². The molecule has 1 amide bonds. The van der Waals surface area contributed by atoms with Gasteiger partial charge < -0.3 is 30.7 Å². The Morgan fingerprint density at radius 2 is 1.93 bits per heavy atom. The van der Waals surface area contributed by atoms with Gasteiger partial charge in [0.05, 0.1) is 17.5 Å². The highest BCUT2D eigenvalue weighted by atomic mass is 35.5. The normalized spacial score (nSPS) is 38.3. The van der Waals surface area contributed by atoms with Crippen molar-refractivity contribution in [2.45, 2.75) is 86.3 Å². The van der Waals surface area contributed by atoms with Gasteiger partial charge in [-0.1, -0.05) is 0 Å². The van der Waals surface area contributed by atoms with E-state index in [0.717, 1.165) is 0 Å². The predicted molar refractivity (Wildman–Crippen MR) is 107 cm³/mol. The maximum Gasteiger partial charge on any atom is 0.238 e. The lowest BCUT2D eigenvalue weighted by Gasteiger charge is -2.44. The van der Waals surface area contributed by atoms with Crippen LogP contribution in [-0.2, 0) is 9.53 Å². The zero-order chi connectivity index (χ0) is 21.7. The second kappa shape index (κ2) is 11.4. The van der Waals surface area contributed by atoms with Crippen LogP contribution in [0.3, 0.4) is 0 Å². The van der Waals surface area contributed by atoms with Crippen molar-refractivity contribution in [2.75, 3.05) is 12.8 Å². The molecule has 2 aliphatic rings. The van der Waals surface area contributed by atoms with Crippen molar-refractivity contribution in [3.05, 3.63) is 0 Å². The summed E-state index contributed by atoms with van der Waals surface area (Å²) in [6, 6.07) is -1.39. The number of carbonyl (C=O) groups is 1. The highest BCUT2D eigenvalue weighted by Gasteiger charge is 2.48. The Balaban J connectivity index is 2.03. The predicted octanol–water partition coefficient (Wildman–Crippen LogP) is 0.683. The van der Waals surface area contributed by atoms with E-state index in [2.05, 4.69) is 10.6 Å². The number of nitrogens with one attached hydrogen (secondary N) is 2. The first-order valence-corrected chi connectivity index (χ1v) is 11.6. The molecule has 0 aromatic heterocycles. The largest absolute Gasteiger partial charge is 0.388 e. The van der Waals surface area contributed by atoms with Crippen LogP contribution in [0.1, 0.15) is 32.6 Å². The minimum absolute atomic E-state index is 0.134. The summed E-state index contributed by atoms with van der Waals surface area (Å²) >= 11 is 7.43. The van der Waals surface area contributed by atoms with E-state index in [1.54, 1.807) is 13.2 Å². The Morgan fingerprint density at radius 3 is 2.52 bits per heavy atom. The van der Waals surface area contributed by atoms with Crippen molar-refractivity contribution in [3.63, 3.8) is 0 Å². The molecule has 2 saturated heterocycles.